The number of nitrogens with zero attached hydrogens (tertiary/aromatic N) is 8. The maximum atomic E-state index is 11.9. The van der Waals surface area contributed by atoms with Crippen LogP contribution in [0.5, 0.6) is 0 Å². The minimum atomic E-state index is -0.183. The Kier molecular flexibility index (Phi) is 7.09. The van der Waals surface area contributed by atoms with Gasteiger partial charge in [0.05, 0.1) is 41.4 Å². The van der Waals surface area contributed by atoms with Crippen LogP contribution in [0.3, 0.4) is 0 Å². The fourth-order valence-electron chi connectivity index (χ4n) is 6.95. The number of likely N-dealkylation sites (N-methyl/N-ethyl adjacent to an activating group) is 1. The summed E-state index contributed by atoms with van der Waals surface area (Å²) in [5, 5.41) is 20.6. The lowest BCUT2D eigenvalue weighted by molar-refractivity contribution is -0.127. The van der Waals surface area contributed by atoms with Gasteiger partial charge >= 0.3 is 0 Å². The van der Waals surface area contributed by atoms with Crippen LogP contribution in [0.25, 0.3) is 38.9 Å². The fraction of sp³-hybridized carbons (Fsp3) is 0.424. The van der Waals surface area contributed by atoms with Crippen LogP contribution in [0.1, 0.15) is 57.7 Å². The first-order valence-electron chi connectivity index (χ1n) is 15.4. The van der Waals surface area contributed by atoms with Crippen LogP contribution in [-0.4, -0.2) is 77.1 Å². The largest absolute Gasteiger partial charge is 0.393 e. The van der Waals surface area contributed by atoms with E-state index in [0.717, 1.165) is 102 Å². The molecule has 7 rings (SSSR count). The number of fused-ring (bicyclic) bond motifs is 2. The molecule has 1 aromatic carbocycles. The summed E-state index contributed by atoms with van der Waals surface area (Å²) in [5.41, 5.74) is 7.71. The molecule has 0 unspecified atom stereocenters. The van der Waals surface area contributed by atoms with Gasteiger partial charge in [0.25, 0.3) is 0 Å². The van der Waals surface area contributed by atoms with Gasteiger partial charge in [-0.2, -0.15) is 10.2 Å². The van der Waals surface area contributed by atoms with Crippen molar-refractivity contribution in [1.29, 1.82) is 0 Å². The maximum absolute atomic E-state index is 11.9. The third-order valence-corrected chi connectivity index (χ3v) is 9.35. The lowest BCUT2D eigenvalue weighted by atomic mass is 9.93. The van der Waals surface area contributed by atoms with Crippen LogP contribution in [0.2, 0.25) is 0 Å². The first kappa shape index (κ1) is 27.5. The van der Waals surface area contributed by atoms with Gasteiger partial charge in [-0.25, -0.2) is 9.50 Å². The van der Waals surface area contributed by atoms with Crippen molar-refractivity contribution in [3.05, 3.63) is 60.8 Å². The molecule has 1 amide bonds. The highest BCUT2D eigenvalue weighted by Gasteiger charge is 2.29. The molecule has 0 spiro atoms. The number of aryl methyl sites for hydroxylation is 1. The predicted molar refractivity (Wildman–Crippen MR) is 167 cm³/mol. The number of aliphatic hydroxyl groups is 1. The van der Waals surface area contributed by atoms with E-state index in [9.17, 15) is 9.90 Å². The summed E-state index contributed by atoms with van der Waals surface area (Å²) in [5.74, 6) is 0.142. The van der Waals surface area contributed by atoms with E-state index in [4.69, 9.17) is 15.1 Å². The molecule has 2 fully saturated rings. The number of hydrogen-bond acceptors (Lipinski definition) is 7. The molecule has 10 heteroatoms. The van der Waals surface area contributed by atoms with Gasteiger partial charge in [-0.05, 0) is 70.2 Å². The molecule has 1 N–H and O–H groups in total. The van der Waals surface area contributed by atoms with Crippen molar-refractivity contribution in [3.8, 4) is 22.4 Å². The third kappa shape index (κ3) is 5.03. The molecule has 43 heavy (non-hydrogen) atoms. The van der Waals surface area contributed by atoms with E-state index in [1.54, 1.807) is 6.92 Å². The van der Waals surface area contributed by atoms with Gasteiger partial charge in [0.1, 0.15) is 0 Å². The van der Waals surface area contributed by atoms with Crippen molar-refractivity contribution in [2.45, 2.75) is 71.1 Å². The summed E-state index contributed by atoms with van der Waals surface area (Å²) in [6.45, 7) is 8.27. The van der Waals surface area contributed by atoms with Gasteiger partial charge in [-0.3, -0.25) is 14.5 Å². The zero-order chi connectivity index (χ0) is 29.7. The zero-order valence-electron chi connectivity index (χ0n) is 25.0. The highest BCUT2D eigenvalue weighted by atomic mass is 16.3. The second-order valence-corrected chi connectivity index (χ2v) is 12.0. The Balaban J connectivity index is 1.19. The first-order chi connectivity index (χ1) is 20.9. The van der Waals surface area contributed by atoms with Gasteiger partial charge in [0.15, 0.2) is 5.65 Å². The normalized spacial score (nSPS) is 20.7. The summed E-state index contributed by atoms with van der Waals surface area (Å²) < 4.78 is 3.96. The van der Waals surface area contributed by atoms with E-state index < -0.39 is 0 Å². The van der Waals surface area contributed by atoms with Crippen LogP contribution in [0.4, 0.5) is 5.69 Å². The molecule has 1 aliphatic heterocycles. The van der Waals surface area contributed by atoms with Crippen molar-refractivity contribution in [3.63, 3.8) is 0 Å². The highest BCUT2D eigenvalue weighted by Crippen LogP contribution is 2.34. The van der Waals surface area contributed by atoms with Crippen molar-refractivity contribution >= 4 is 28.1 Å². The van der Waals surface area contributed by atoms with E-state index in [-0.39, 0.29) is 12.0 Å². The number of carbonyl (C=O) groups is 1. The summed E-state index contributed by atoms with van der Waals surface area (Å²) in [6.07, 6.45) is 12.1. The molecule has 1 aliphatic carbocycles. The average molecular weight is 579 g/mol. The number of benzene rings is 1. The standard InChI is InChI=1S/C33H38N8O2/c1-4-39(26-12-14-38(20-26)22(3)42)25-7-10-28-29(11-13-34-31(28)15-25)32-18-35-33-16-30(21(2)37-41(32)33)23-17-36-40(19-23)24-5-8-27(43)9-6-24/h7,10-11,13,15-19,24,26-27,43H,4-6,8-9,12,14,20H2,1-3H3/t24?,26-,27?/m0/s1. The molecule has 0 bridgehead atoms. The molecule has 222 valence electrons. The Hall–Kier alpha value is -4.31. The summed E-state index contributed by atoms with van der Waals surface area (Å²) >= 11 is 0. The number of anilines is 1. The molecule has 10 nitrogen and oxygen atoms in total. The molecular formula is C33H38N8O2. The Morgan fingerprint density at radius 2 is 1.88 bits per heavy atom. The topological polar surface area (TPSA) is 105 Å². The van der Waals surface area contributed by atoms with Crippen molar-refractivity contribution < 1.29 is 9.90 Å². The SMILES string of the molecule is CCN(c1ccc2c(-c3cnc4cc(-c5cnn(C6CCC(O)CC6)c5)c(C)nn34)ccnc2c1)[C@H]1CCN(C(C)=O)C1. The van der Waals surface area contributed by atoms with Crippen molar-refractivity contribution in [2.75, 3.05) is 24.5 Å². The number of hydrogen-bond donors (Lipinski definition) is 1. The average Bonchev–Trinajstić information content (AvgIpc) is 3.78. The molecular weight excluding hydrogens is 540 g/mol. The van der Waals surface area contributed by atoms with E-state index >= 15 is 0 Å². The zero-order valence-corrected chi connectivity index (χ0v) is 25.0. The van der Waals surface area contributed by atoms with Crippen molar-refractivity contribution in [2.24, 2.45) is 0 Å². The Morgan fingerprint density at radius 3 is 2.65 bits per heavy atom. The van der Waals surface area contributed by atoms with E-state index in [0.29, 0.717) is 12.1 Å². The second-order valence-electron chi connectivity index (χ2n) is 12.0. The smallest absolute Gasteiger partial charge is 0.219 e. The second kappa shape index (κ2) is 11.1. The van der Waals surface area contributed by atoms with Gasteiger partial charge in [-0.1, -0.05) is 6.07 Å². The van der Waals surface area contributed by atoms with E-state index in [1.165, 1.54) is 0 Å². The maximum Gasteiger partial charge on any atom is 0.219 e. The van der Waals surface area contributed by atoms with Gasteiger partial charge in [-0.15, -0.1) is 0 Å². The minimum Gasteiger partial charge on any atom is -0.393 e. The molecule has 5 heterocycles. The Labute approximate surface area is 251 Å². The number of amides is 1. The highest BCUT2D eigenvalue weighted by molar-refractivity contribution is 5.95. The van der Waals surface area contributed by atoms with Gasteiger partial charge in [0.2, 0.25) is 5.91 Å². The monoisotopic (exact) mass is 578 g/mol. The van der Waals surface area contributed by atoms with Gasteiger partial charge < -0.3 is 14.9 Å². The summed E-state index contributed by atoms with van der Waals surface area (Å²) in [6, 6.07) is 11.2. The number of imidazole rings is 1. The number of rotatable bonds is 6. The Bertz CT molecular complexity index is 1800. The van der Waals surface area contributed by atoms with Gasteiger partial charge in [0, 0.05) is 72.8 Å². The van der Waals surface area contributed by atoms with Crippen LogP contribution in [0, 0.1) is 6.92 Å². The summed E-state index contributed by atoms with van der Waals surface area (Å²) in [4.78, 5) is 25.7. The minimum absolute atomic E-state index is 0.142. The molecule has 1 saturated carbocycles. The van der Waals surface area contributed by atoms with Crippen molar-refractivity contribution in [1.82, 2.24) is 34.3 Å². The molecule has 1 saturated heterocycles. The summed E-state index contributed by atoms with van der Waals surface area (Å²) in [7, 11) is 0. The van der Waals surface area contributed by atoms with Crippen LogP contribution < -0.4 is 4.90 Å². The molecule has 1 atom stereocenters. The lowest BCUT2D eigenvalue weighted by Gasteiger charge is -2.30. The predicted octanol–water partition coefficient (Wildman–Crippen LogP) is 5.04. The number of pyridine rings is 1. The van der Waals surface area contributed by atoms with Crippen LogP contribution >= 0.6 is 0 Å². The van der Waals surface area contributed by atoms with E-state index in [2.05, 4.69) is 47.4 Å². The number of likely N-dealkylation sites (tertiary alicyclic amines) is 1. The molecule has 0 radical (unpaired) electrons. The van der Waals surface area contributed by atoms with Crippen LogP contribution in [0.15, 0.2) is 55.1 Å². The fourth-order valence-corrected chi connectivity index (χ4v) is 6.95. The van der Waals surface area contributed by atoms with E-state index in [1.807, 2.05) is 45.7 Å². The Morgan fingerprint density at radius 1 is 1.05 bits per heavy atom. The first-order valence-corrected chi connectivity index (χ1v) is 15.4. The van der Waals surface area contributed by atoms with Crippen LogP contribution in [-0.2, 0) is 4.79 Å². The lowest BCUT2D eigenvalue weighted by Crippen LogP contribution is -2.38. The molecule has 5 aromatic rings. The molecule has 4 aromatic heterocycles. The third-order valence-electron chi connectivity index (χ3n) is 9.35. The number of carbonyl (C=O) groups excluding carboxylic acids is 1. The molecule has 2 aliphatic rings. The number of aliphatic hydroxyl groups excluding tert-OH is 1. The number of aromatic nitrogens is 6. The quantitative estimate of drug-likeness (QED) is 0.301.